The van der Waals surface area contributed by atoms with Crippen molar-refractivity contribution in [1.82, 2.24) is 10.2 Å². The first kappa shape index (κ1) is 11.9. The molecule has 0 bridgehead atoms. The van der Waals surface area contributed by atoms with Crippen molar-refractivity contribution in [2.45, 2.75) is 32.3 Å². The maximum atomic E-state index is 11.4. The van der Waals surface area contributed by atoms with Gasteiger partial charge >= 0.3 is 5.97 Å². The SMILES string of the molecule is CCCCN(C)CC1OC(=O)CC12CNC2. The normalized spacial score (nSPS) is 27.2. The molecule has 4 heteroatoms. The van der Waals surface area contributed by atoms with E-state index in [-0.39, 0.29) is 17.5 Å². The highest BCUT2D eigenvalue weighted by Gasteiger charge is 2.53. The molecule has 0 aromatic rings. The Balaban J connectivity index is 1.86. The van der Waals surface area contributed by atoms with Crippen molar-refractivity contribution < 1.29 is 9.53 Å². The van der Waals surface area contributed by atoms with Gasteiger partial charge in [0.05, 0.1) is 6.42 Å². The van der Waals surface area contributed by atoms with Crippen LogP contribution in [0.2, 0.25) is 0 Å². The van der Waals surface area contributed by atoms with Crippen LogP contribution in [0.25, 0.3) is 0 Å². The van der Waals surface area contributed by atoms with Gasteiger partial charge in [-0.2, -0.15) is 0 Å². The number of nitrogens with zero attached hydrogens (tertiary/aromatic N) is 1. The van der Waals surface area contributed by atoms with Crippen LogP contribution in [0, 0.1) is 5.41 Å². The number of rotatable bonds is 5. The Hall–Kier alpha value is -0.610. The molecule has 0 aromatic carbocycles. The number of likely N-dealkylation sites (N-methyl/N-ethyl adjacent to an activating group) is 1. The van der Waals surface area contributed by atoms with Crippen molar-refractivity contribution in [3.8, 4) is 0 Å². The smallest absolute Gasteiger partial charge is 0.306 e. The highest BCUT2D eigenvalue weighted by molar-refractivity contribution is 5.73. The number of esters is 1. The summed E-state index contributed by atoms with van der Waals surface area (Å²) in [6.45, 7) is 6.04. The molecule has 0 amide bonds. The summed E-state index contributed by atoms with van der Waals surface area (Å²) in [6.07, 6.45) is 3.12. The second-order valence-corrected chi connectivity index (χ2v) is 5.24. The predicted molar refractivity (Wildman–Crippen MR) is 62.2 cm³/mol. The minimum atomic E-state index is -0.0182. The van der Waals surface area contributed by atoms with Crippen molar-refractivity contribution in [2.24, 2.45) is 5.41 Å². The van der Waals surface area contributed by atoms with Crippen LogP contribution in [-0.2, 0) is 9.53 Å². The molecule has 0 saturated carbocycles. The number of cyclic esters (lactones) is 1. The number of hydrogen-bond acceptors (Lipinski definition) is 4. The first-order chi connectivity index (χ1) is 7.66. The second-order valence-electron chi connectivity index (χ2n) is 5.24. The van der Waals surface area contributed by atoms with Crippen LogP contribution < -0.4 is 5.32 Å². The molecule has 2 heterocycles. The summed E-state index contributed by atoms with van der Waals surface area (Å²) < 4.78 is 5.45. The molecule has 2 aliphatic heterocycles. The van der Waals surface area contributed by atoms with E-state index in [0.29, 0.717) is 6.42 Å². The molecule has 1 N–H and O–H groups in total. The minimum absolute atomic E-state index is 0.0182. The van der Waals surface area contributed by atoms with Gasteiger partial charge < -0.3 is 15.0 Å². The van der Waals surface area contributed by atoms with Crippen molar-refractivity contribution in [2.75, 3.05) is 33.2 Å². The van der Waals surface area contributed by atoms with Crippen LogP contribution in [-0.4, -0.2) is 50.2 Å². The minimum Gasteiger partial charge on any atom is -0.460 e. The lowest BCUT2D eigenvalue weighted by Crippen LogP contribution is -2.59. The molecule has 1 spiro atoms. The quantitative estimate of drug-likeness (QED) is 0.698. The largest absolute Gasteiger partial charge is 0.460 e. The molecule has 1 unspecified atom stereocenters. The molecular formula is C12H22N2O2. The fraction of sp³-hybridized carbons (Fsp3) is 0.917. The molecule has 92 valence electrons. The molecule has 4 nitrogen and oxygen atoms in total. The molecule has 2 fully saturated rings. The predicted octanol–water partition coefficient (Wildman–Crippen LogP) is 0.623. The van der Waals surface area contributed by atoms with E-state index in [1.807, 2.05) is 0 Å². The summed E-state index contributed by atoms with van der Waals surface area (Å²) in [5.74, 6) is -0.0182. The molecule has 0 radical (unpaired) electrons. The lowest BCUT2D eigenvalue weighted by molar-refractivity contribution is -0.142. The summed E-state index contributed by atoms with van der Waals surface area (Å²) >= 11 is 0. The molecule has 2 aliphatic rings. The molecule has 0 aliphatic carbocycles. The zero-order chi connectivity index (χ0) is 11.6. The van der Waals surface area contributed by atoms with Crippen LogP contribution in [0.15, 0.2) is 0 Å². The first-order valence-electron chi connectivity index (χ1n) is 6.25. The van der Waals surface area contributed by atoms with Crippen LogP contribution in [0.5, 0.6) is 0 Å². The maximum absolute atomic E-state index is 11.4. The summed E-state index contributed by atoms with van der Waals surface area (Å²) in [7, 11) is 2.11. The van der Waals surface area contributed by atoms with Crippen LogP contribution >= 0.6 is 0 Å². The van der Waals surface area contributed by atoms with Crippen molar-refractivity contribution in [1.29, 1.82) is 0 Å². The maximum Gasteiger partial charge on any atom is 0.306 e. The molecule has 2 saturated heterocycles. The van der Waals surface area contributed by atoms with Crippen LogP contribution in [0.3, 0.4) is 0 Å². The van der Waals surface area contributed by atoms with E-state index in [9.17, 15) is 4.79 Å². The monoisotopic (exact) mass is 226 g/mol. The van der Waals surface area contributed by atoms with E-state index in [4.69, 9.17) is 4.74 Å². The number of carbonyl (C=O) groups is 1. The zero-order valence-electron chi connectivity index (χ0n) is 10.3. The van der Waals surface area contributed by atoms with Gasteiger partial charge in [-0.1, -0.05) is 13.3 Å². The standard InChI is InChI=1S/C12H22N2O2/c1-3-4-5-14(2)7-10-12(8-13-9-12)6-11(15)16-10/h10,13H,3-9H2,1-2H3. The second kappa shape index (κ2) is 4.72. The van der Waals surface area contributed by atoms with Crippen molar-refractivity contribution >= 4 is 5.97 Å². The Morgan fingerprint density at radius 2 is 2.31 bits per heavy atom. The van der Waals surface area contributed by atoms with E-state index in [2.05, 4.69) is 24.2 Å². The Bertz CT molecular complexity index is 264. The van der Waals surface area contributed by atoms with Crippen molar-refractivity contribution in [3.05, 3.63) is 0 Å². The van der Waals surface area contributed by atoms with Gasteiger partial charge in [0.15, 0.2) is 0 Å². The topological polar surface area (TPSA) is 41.6 Å². The van der Waals surface area contributed by atoms with Gasteiger partial charge in [0.25, 0.3) is 0 Å². The lowest BCUT2D eigenvalue weighted by atomic mass is 9.75. The third-order valence-corrected chi connectivity index (χ3v) is 3.78. The molecule has 1 atom stereocenters. The first-order valence-corrected chi connectivity index (χ1v) is 6.25. The average molecular weight is 226 g/mol. The Labute approximate surface area is 97.3 Å². The van der Waals surface area contributed by atoms with Gasteiger partial charge in [0.1, 0.15) is 6.10 Å². The highest BCUT2D eigenvalue weighted by Crippen LogP contribution is 2.39. The number of hydrogen-bond donors (Lipinski definition) is 1. The van der Waals surface area contributed by atoms with Gasteiger partial charge in [-0.3, -0.25) is 4.79 Å². The van der Waals surface area contributed by atoms with Crippen LogP contribution in [0.1, 0.15) is 26.2 Å². The van der Waals surface area contributed by atoms with Gasteiger partial charge in [0, 0.05) is 25.0 Å². The van der Waals surface area contributed by atoms with Crippen LogP contribution in [0.4, 0.5) is 0 Å². The number of unbranched alkanes of at least 4 members (excludes halogenated alkanes) is 1. The van der Waals surface area contributed by atoms with E-state index in [1.165, 1.54) is 12.8 Å². The molecule has 16 heavy (non-hydrogen) atoms. The third-order valence-electron chi connectivity index (χ3n) is 3.78. The molecule has 2 rings (SSSR count). The lowest BCUT2D eigenvalue weighted by Gasteiger charge is -2.42. The number of ether oxygens (including phenoxy) is 1. The Kier molecular flexibility index (Phi) is 3.50. The third kappa shape index (κ3) is 2.23. The number of nitrogens with one attached hydrogen (secondary N) is 1. The van der Waals surface area contributed by atoms with Gasteiger partial charge in [0.2, 0.25) is 0 Å². The summed E-state index contributed by atoms with van der Waals surface area (Å²) in [4.78, 5) is 13.7. The van der Waals surface area contributed by atoms with Gasteiger partial charge in [-0.25, -0.2) is 0 Å². The van der Waals surface area contributed by atoms with E-state index < -0.39 is 0 Å². The Morgan fingerprint density at radius 3 is 2.88 bits per heavy atom. The van der Waals surface area contributed by atoms with Crippen molar-refractivity contribution in [3.63, 3.8) is 0 Å². The average Bonchev–Trinajstić information content (AvgIpc) is 2.51. The Morgan fingerprint density at radius 1 is 1.56 bits per heavy atom. The molecule has 0 aromatic heterocycles. The van der Waals surface area contributed by atoms with E-state index in [0.717, 1.165) is 26.2 Å². The van der Waals surface area contributed by atoms with E-state index >= 15 is 0 Å². The fourth-order valence-corrected chi connectivity index (χ4v) is 2.56. The summed E-state index contributed by atoms with van der Waals surface area (Å²) in [6, 6.07) is 0. The highest BCUT2D eigenvalue weighted by atomic mass is 16.6. The van der Waals surface area contributed by atoms with Gasteiger partial charge in [-0.05, 0) is 20.0 Å². The number of carbonyl (C=O) groups excluding carboxylic acids is 1. The summed E-state index contributed by atoms with van der Waals surface area (Å²) in [5, 5.41) is 3.26. The van der Waals surface area contributed by atoms with E-state index in [1.54, 1.807) is 0 Å². The zero-order valence-corrected chi connectivity index (χ0v) is 10.3. The van der Waals surface area contributed by atoms with Gasteiger partial charge in [-0.15, -0.1) is 0 Å². The molecular weight excluding hydrogens is 204 g/mol. The fourth-order valence-electron chi connectivity index (χ4n) is 2.56. The summed E-state index contributed by atoms with van der Waals surface area (Å²) in [5.41, 5.74) is 0.109.